The largest absolute Gasteiger partial charge is 0.510 e. The Hall–Kier alpha value is -2.85. The number of nitrogens with zero attached hydrogens (tertiary/aromatic N) is 1. The van der Waals surface area contributed by atoms with Crippen LogP contribution < -0.4 is 4.74 Å². The lowest BCUT2D eigenvalue weighted by Gasteiger charge is -2.31. The predicted molar refractivity (Wildman–Crippen MR) is 129 cm³/mol. The van der Waals surface area contributed by atoms with Crippen molar-refractivity contribution in [2.75, 3.05) is 6.61 Å². The fraction of sp³-hybridized carbons (Fsp3) is 0.370. The molecule has 2 heterocycles. The van der Waals surface area contributed by atoms with Gasteiger partial charge >= 0.3 is 0 Å². The van der Waals surface area contributed by atoms with Gasteiger partial charge in [0.1, 0.15) is 17.6 Å². The maximum atomic E-state index is 10.5. The van der Waals surface area contributed by atoms with E-state index in [1.165, 1.54) is 5.56 Å². The summed E-state index contributed by atoms with van der Waals surface area (Å²) in [6, 6.07) is 6.11. The van der Waals surface area contributed by atoms with Crippen molar-refractivity contribution in [3.63, 3.8) is 0 Å². The molecule has 1 aromatic carbocycles. The number of allylic oxidation sites excluding steroid dienone is 4. The third kappa shape index (κ3) is 4.59. The Morgan fingerprint density at radius 3 is 2.71 bits per heavy atom. The fourth-order valence-electron chi connectivity index (χ4n) is 4.04. The van der Waals surface area contributed by atoms with Crippen LogP contribution in [0.15, 0.2) is 66.6 Å². The van der Waals surface area contributed by atoms with Gasteiger partial charge in [-0.15, -0.1) is 0 Å². The topological polar surface area (TPSA) is 51.6 Å². The van der Waals surface area contributed by atoms with Gasteiger partial charge in [-0.3, -0.25) is 4.98 Å². The van der Waals surface area contributed by atoms with Gasteiger partial charge in [0.2, 0.25) is 0 Å². The van der Waals surface area contributed by atoms with Crippen molar-refractivity contribution in [1.82, 2.24) is 4.98 Å². The first kappa shape index (κ1) is 22.8. The summed E-state index contributed by atoms with van der Waals surface area (Å²) in [6.07, 6.45) is 6.62. The van der Waals surface area contributed by atoms with Gasteiger partial charge in [0.25, 0.3) is 0 Å². The highest BCUT2D eigenvalue weighted by atomic mass is 16.5. The molecular weight excluding hydrogens is 386 g/mol. The molecule has 1 aliphatic rings. The van der Waals surface area contributed by atoms with Crippen molar-refractivity contribution in [1.29, 1.82) is 0 Å². The van der Waals surface area contributed by atoms with E-state index in [0.717, 1.165) is 51.8 Å². The molecule has 4 nitrogen and oxygen atoms in total. The van der Waals surface area contributed by atoms with Crippen LogP contribution >= 0.6 is 0 Å². The minimum atomic E-state index is -0.639. The Bertz CT molecular complexity index is 1070. The van der Waals surface area contributed by atoms with Crippen LogP contribution in [0.25, 0.3) is 16.5 Å². The fourth-order valence-corrected chi connectivity index (χ4v) is 4.04. The second-order valence-corrected chi connectivity index (χ2v) is 8.65. The van der Waals surface area contributed by atoms with Crippen LogP contribution in [0.1, 0.15) is 52.2 Å². The Kier molecular flexibility index (Phi) is 6.71. The first-order valence-corrected chi connectivity index (χ1v) is 10.8. The molecule has 1 atom stereocenters. The van der Waals surface area contributed by atoms with Gasteiger partial charge < -0.3 is 14.6 Å². The lowest BCUT2D eigenvalue weighted by molar-refractivity contribution is -0.0555. The predicted octanol–water partition coefficient (Wildman–Crippen LogP) is 6.72. The van der Waals surface area contributed by atoms with Crippen molar-refractivity contribution < 1.29 is 14.6 Å². The summed E-state index contributed by atoms with van der Waals surface area (Å²) in [5.41, 5.74) is 5.54. The summed E-state index contributed by atoms with van der Waals surface area (Å²) >= 11 is 0. The van der Waals surface area contributed by atoms with Crippen LogP contribution in [0.2, 0.25) is 0 Å². The SMILES string of the molecule is C=C/C=C(C)/C(=C(\C)[C@H](OC(C)(C)CC)C(=C)O)c1ccc2c3c(ccnc13)CCO2. The lowest BCUT2D eigenvalue weighted by Crippen LogP contribution is -2.32. The molecule has 0 aliphatic carbocycles. The number of aromatic nitrogens is 1. The summed E-state index contributed by atoms with van der Waals surface area (Å²) in [7, 11) is 0. The van der Waals surface area contributed by atoms with E-state index in [2.05, 4.69) is 26.1 Å². The maximum Gasteiger partial charge on any atom is 0.136 e. The molecule has 0 bridgehead atoms. The second kappa shape index (κ2) is 9.11. The molecule has 31 heavy (non-hydrogen) atoms. The first-order chi connectivity index (χ1) is 14.7. The molecule has 2 aromatic rings. The van der Waals surface area contributed by atoms with Crippen LogP contribution in [0.4, 0.5) is 0 Å². The van der Waals surface area contributed by atoms with Crippen molar-refractivity contribution >= 4 is 16.5 Å². The lowest BCUT2D eigenvalue weighted by atomic mass is 9.88. The first-order valence-electron chi connectivity index (χ1n) is 10.8. The highest BCUT2D eigenvalue weighted by Crippen LogP contribution is 2.40. The van der Waals surface area contributed by atoms with Gasteiger partial charge in [-0.25, -0.2) is 0 Å². The van der Waals surface area contributed by atoms with Crippen LogP contribution in [0, 0.1) is 0 Å². The average Bonchev–Trinajstić information content (AvgIpc) is 2.74. The highest BCUT2D eigenvalue weighted by molar-refractivity contribution is 6.00. The number of rotatable bonds is 8. The number of benzene rings is 1. The Morgan fingerprint density at radius 1 is 1.32 bits per heavy atom. The quantitative estimate of drug-likeness (QED) is 0.381. The van der Waals surface area contributed by atoms with Gasteiger partial charge in [0.05, 0.1) is 17.7 Å². The maximum absolute atomic E-state index is 10.5. The molecule has 0 radical (unpaired) electrons. The molecule has 0 unspecified atom stereocenters. The monoisotopic (exact) mass is 419 g/mol. The zero-order valence-electron chi connectivity index (χ0n) is 19.3. The Balaban J connectivity index is 2.30. The molecule has 3 rings (SSSR count). The smallest absolute Gasteiger partial charge is 0.136 e. The van der Waals surface area contributed by atoms with E-state index in [1.54, 1.807) is 6.08 Å². The van der Waals surface area contributed by atoms with E-state index in [-0.39, 0.29) is 5.76 Å². The third-order valence-electron chi connectivity index (χ3n) is 5.98. The van der Waals surface area contributed by atoms with Gasteiger partial charge in [0, 0.05) is 23.6 Å². The standard InChI is InChI=1S/C27H33NO3/c1-8-10-17(3)23(18(4)26(19(5)29)31-27(6,7)9-2)21-11-12-22-24-20(14-16-30-22)13-15-28-25(21)24/h8,10-13,15,26,29H,1,5,9,14,16H2,2-4,6-7H3/b17-10+,23-18-/t26-/m0/s1. The number of hydrogen-bond donors (Lipinski definition) is 1. The van der Waals surface area contributed by atoms with Crippen LogP contribution in [-0.2, 0) is 11.2 Å². The number of pyridine rings is 1. The van der Waals surface area contributed by atoms with Gasteiger partial charge in [0.15, 0.2) is 0 Å². The zero-order chi connectivity index (χ0) is 22.8. The zero-order valence-corrected chi connectivity index (χ0v) is 19.3. The summed E-state index contributed by atoms with van der Waals surface area (Å²) in [4.78, 5) is 4.73. The Morgan fingerprint density at radius 2 is 2.06 bits per heavy atom. The van der Waals surface area contributed by atoms with Crippen LogP contribution in [0.5, 0.6) is 5.75 Å². The third-order valence-corrected chi connectivity index (χ3v) is 5.98. The van der Waals surface area contributed by atoms with Gasteiger partial charge in [-0.1, -0.05) is 32.2 Å². The van der Waals surface area contributed by atoms with E-state index in [4.69, 9.17) is 14.5 Å². The van der Waals surface area contributed by atoms with E-state index < -0.39 is 11.7 Å². The van der Waals surface area contributed by atoms with Crippen molar-refractivity contribution in [2.45, 2.75) is 59.2 Å². The molecule has 164 valence electrons. The van der Waals surface area contributed by atoms with Crippen molar-refractivity contribution in [2.24, 2.45) is 0 Å². The number of aliphatic hydroxyl groups excluding tert-OH is 1. The molecule has 0 fully saturated rings. The average molecular weight is 420 g/mol. The summed E-state index contributed by atoms with van der Waals surface area (Å²) in [6.45, 7) is 18.5. The summed E-state index contributed by atoms with van der Waals surface area (Å²) in [5, 5.41) is 11.5. The molecule has 0 spiro atoms. The molecule has 0 saturated heterocycles. The highest BCUT2D eigenvalue weighted by Gasteiger charge is 2.28. The summed E-state index contributed by atoms with van der Waals surface area (Å²) < 4.78 is 12.2. The van der Waals surface area contributed by atoms with Crippen LogP contribution in [-0.4, -0.2) is 28.4 Å². The van der Waals surface area contributed by atoms with Gasteiger partial charge in [-0.2, -0.15) is 0 Å². The molecule has 0 saturated carbocycles. The van der Waals surface area contributed by atoms with E-state index >= 15 is 0 Å². The number of ether oxygens (including phenoxy) is 2. The normalized spacial score (nSPS) is 15.8. The molecule has 1 aliphatic heterocycles. The van der Waals surface area contributed by atoms with Crippen molar-refractivity contribution in [3.05, 3.63) is 77.7 Å². The molecule has 4 heteroatoms. The van der Waals surface area contributed by atoms with E-state index in [0.29, 0.717) is 6.61 Å². The molecular formula is C27H33NO3. The van der Waals surface area contributed by atoms with E-state index in [1.807, 2.05) is 52.1 Å². The number of hydrogen-bond acceptors (Lipinski definition) is 4. The molecule has 1 aromatic heterocycles. The van der Waals surface area contributed by atoms with Crippen LogP contribution in [0.3, 0.4) is 0 Å². The molecule has 1 N–H and O–H groups in total. The minimum Gasteiger partial charge on any atom is -0.510 e. The summed E-state index contributed by atoms with van der Waals surface area (Å²) in [5.74, 6) is 0.851. The second-order valence-electron chi connectivity index (χ2n) is 8.65. The number of aliphatic hydroxyl groups is 1. The Labute approximate surface area is 185 Å². The van der Waals surface area contributed by atoms with E-state index in [9.17, 15) is 5.11 Å². The minimum absolute atomic E-state index is 0.0121. The molecule has 0 amide bonds. The van der Waals surface area contributed by atoms with Crippen molar-refractivity contribution in [3.8, 4) is 5.75 Å². The van der Waals surface area contributed by atoms with Gasteiger partial charge in [-0.05, 0) is 74.6 Å².